The van der Waals surface area contributed by atoms with Gasteiger partial charge in [-0.1, -0.05) is 132 Å². The van der Waals surface area contributed by atoms with E-state index >= 15 is 0 Å². The molecule has 0 radical (unpaired) electrons. The summed E-state index contributed by atoms with van der Waals surface area (Å²) in [5.74, 6) is -3.16. The monoisotopic (exact) mass is 622 g/mol. The van der Waals surface area contributed by atoms with Gasteiger partial charge in [0.2, 0.25) is 0 Å². The highest BCUT2D eigenvalue weighted by atomic mass is 28.4. The topological polar surface area (TPSA) is 46.5 Å². The third-order valence-corrected chi connectivity index (χ3v) is 14.3. The first kappa shape index (κ1) is 35.6. The number of hydrogen-bond donors (Lipinski definition) is 1. The number of methoxy groups -OCH3 is 1. The van der Waals surface area contributed by atoms with E-state index in [2.05, 4.69) is 39.5 Å². The molecule has 1 fully saturated rings. The van der Waals surface area contributed by atoms with Crippen molar-refractivity contribution in [1.29, 1.82) is 0 Å². The highest BCUT2D eigenvalue weighted by Gasteiger charge is 2.56. The van der Waals surface area contributed by atoms with E-state index in [1.165, 1.54) is 7.11 Å². The van der Waals surface area contributed by atoms with Gasteiger partial charge in [0.1, 0.15) is 0 Å². The van der Waals surface area contributed by atoms with Gasteiger partial charge < -0.3 is 9.53 Å². The van der Waals surface area contributed by atoms with Crippen LogP contribution in [-0.2, 0) is 9.53 Å². The van der Waals surface area contributed by atoms with E-state index in [9.17, 15) is 18.4 Å². The second-order valence-corrected chi connectivity index (χ2v) is 16.9. The van der Waals surface area contributed by atoms with Crippen LogP contribution < -0.4 is 10.4 Å². The molecular weight excluding hydrogens is 570 g/mol. The Morgan fingerprint density at radius 3 is 2.20 bits per heavy atom. The molecule has 0 spiro atoms. The molecule has 3 rings (SSSR count). The molecule has 3 nitrogen and oxygen atoms in total. The van der Waals surface area contributed by atoms with Crippen molar-refractivity contribution in [3.05, 3.63) is 97.1 Å². The lowest BCUT2D eigenvalue weighted by Gasteiger charge is -2.48. The summed E-state index contributed by atoms with van der Waals surface area (Å²) in [6, 6.07) is 20.0. The van der Waals surface area contributed by atoms with Gasteiger partial charge in [-0.15, -0.1) is 0 Å². The maximum atomic E-state index is 14.8. The molecule has 0 bridgehead atoms. The van der Waals surface area contributed by atoms with E-state index in [0.29, 0.717) is 32.1 Å². The Morgan fingerprint density at radius 2 is 1.66 bits per heavy atom. The van der Waals surface area contributed by atoms with Crippen LogP contribution in [-0.4, -0.2) is 32.1 Å². The zero-order valence-corrected chi connectivity index (χ0v) is 28.3. The summed E-state index contributed by atoms with van der Waals surface area (Å²) < 4.78 is 34.3. The summed E-state index contributed by atoms with van der Waals surface area (Å²) in [6.07, 6.45) is 11.7. The third-order valence-electron chi connectivity index (χ3n) is 9.81. The van der Waals surface area contributed by atoms with Gasteiger partial charge in [-0.25, -0.2) is 8.78 Å². The number of esters is 1. The quantitative estimate of drug-likeness (QED) is 0.0882. The van der Waals surface area contributed by atoms with Crippen LogP contribution in [0.2, 0.25) is 5.04 Å². The first-order chi connectivity index (χ1) is 20.9. The van der Waals surface area contributed by atoms with Gasteiger partial charge in [0.15, 0.2) is 0 Å². The second-order valence-electron chi connectivity index (χ2n) is 13.1. The Hall–Kier alpha value is -2.83. The summed E-state index contributed by atoms with van der Waals surface area (Å²) >= 11 is 0. The molecule has 4 atom stereocenters. The summed E-state index contributed by atoms with van der Waals surface area (Å²) in [5.41, 5.74) is 0.965. The fraction of sp³-hybridized carbons (Fsp3) is 0.500. The van der Waals surface area contributed by atoms with E-state index < -0.39 is 19.3 Å². The molecular formula is C38H52F2O3Si. The summed E-state index contributed by atoms with van der Waals surface area (Å²) in [7, 11) is -1.99. The third kappa shape index (κ3) is 8.45. The maximum Gasteiger partial charge on any atom is 0.305 e. The molecule has 0 amide bonds. The van der Waals surface area contributed by atoms with Crippen LogP contribution in [0.5, 0.6) is 0 Å². The maximum absolute atomic E-state index is 14.8. The number of allylic oxidation sites excluding steroid dienone is 5. The molecule has 6 heteroatoms. The SMILES string of the molecule is C=C1C[C@H](C(/C=C\CCCC(=O)OC)C(C)(C)[Si](O)(c2ccccc2)c2ccccc2)[C@H](C)[C@H]1/C=C/C(F)(F)CCCCC. The Bertz CT molecular complexity index is 1220. The summed E-state index contributed by atoms with van der Waals surface area (Å²) in [6.45, 7) is 12.9. The number of ether oxygens (including phenoxy) is 1. The highest BCUT2D eigenvalue weighted by Crippen LogP contribution is 2.55. The van der Waals surface area contributed by atoms with E-state index in [4.69, 9.17) is 4.74 Å². The zero-order valence-electron chi connectivity index (χ0n) is 27.3. The number of benzene rings is 2. The highest BCUT2D eigenvalue weighted by molar-refractivity contribution is 6.98. The van der Waals surface area contributed by atoms with Crippen molar-refractivity contribution < 1.29 is 23.1 Å². The smallest absolute Gasteiger partial charge is 0.305 e. The van der Waals surface area contributed by atoms with Crippen LogP contribution in [0.15, 0.2) is 97.1 Å². The molecule has 240 valence electrons. The van der Waals surface area contributed by atoms with Crippen LogP contribution >= 0.6 is 0 Å². The van der Waals surface area contributed by atoms with Crippen molar-refractivity contribution >= 4 is 24.7 Å². The average Bonchev–Trinajstić information content (AvgIpc) is 3.29. The lowest BCUT2D eigenvalue weighted by atomic mass is 9.75. The lowest BCUT2D eigenvalue weighted by Crippen LogP contribution is -2.67. The van der Waals surface area contributed by atoms with Crippen molar-refractivity contribution in [3.8, 4) is 0 Å². The van der Waals surface area contributed by atoms with Gasteiger partial charge in [-0.05, 0) is 64.9 Å². The lowest BCUT2D eigenvalue weighted by molar-refractivity contribution is -0.140. The number of rotatable bonds is 16. The van der Waals surface area contributed by atoms with Crippen LogP contribution in [0, 0.1) is 23.7 Å². The largest absolute Gasteiger partial charge is 0.469 e. The van der Waals surface area contributed by atoms with Crippen LogP contribution in [0.25, 0.3) is 0 Å². The van der Waals surface area contributed by atoms with Gasteiger partial charge in [0, 0.05) is 18.8 Å². The van der Waals surface area contributed by atoms with Crippen LogP contribution in [0.3, 0.4) is 0 Å². The summed E-state index contributed by atoms with van der Waals surface area (Å²) in [4.78, 5) is 24.8. The number of halogens is 2. The number of carbonyl (C=O) groups excluding carboxylic acids is 1. The minimum atomic E-state index is -3.39. The Balaban J connectivity index is 2.03. The van der Waals surface area contributed by atoms with Gasteiger partial charge in [0.25, 0.3) is 14.2 Å². The van der Waals surface area contributed by atoms with Crippen LogP contribution in [0.4, 0.5) is 8.78 Å². The minimum absolute atomic E-state index is 0.0546. The first-order valence-electron chi connectivity index (χ1n) is 16.2. The predicted octanol–water partition coefficient (Wildman–Crippen LogP) is 8.63. The van der Waals surface area contributed by atoms with E-state index in [1.807, 2.05) is 67.6 Å². The molecule has 0 aromatic heterocycles. The van der Waals surface area contributed by atoms with E-state index in [0.717, 1.165) is 34.9 Å². The van der Waals surface area contributed by atoms with Crippen molar-refractivity contribution in [2.45, 2.75) is 90.0 Å². The van der Waals surface area contributed by atoms with E-state index in [1.54, 1.807) is 6.08 Å². The fourth-order valence-electron chi connectivity index (χ4n) is 7.10. The van der Waals surface area contributed by atoms with Gasteiger partial charge in [-0.3, -0.25) is 4.79 Å². The van der Waals surface area contributed by atoms with Crippen molar-refractivity contribution in [1.82, 2.24) is 0 Å². The molecule has 2 aromatic rings. The Kier molecular flexibility index (Phi) is 12.9. The number of carbonyl (C=O) groups is 1. The van der Waals surface area contributed by atoms with E-state index in [-0.39, 0.29) is 36.1 Å². The molecule has 1 aliphatic carbocycles. The van der Waals surface area contributed by atoms with Gasteiger partial charge >= 0.3 is 5.97 Å². The molecule has 1 saturated carbocycles. The minimum Gasteiger partial charge on any atom is -0.469 e. The normalized spacial score (nSPS) is 20.5. The Labute approximate surface area is 265 Å². The van der Waals surface area contributed by atoms with Crippen LogP contribution in [0.1, 0.15) is 79.1 Å². The average molecular weight is 623 g/mol. The molecule has 0 saturated heterocycles. The number of unbranched alkanes of at least 4 members (excludes halogenated alkanes) is 3. The predicted molar refractivity (Wildman–Crippen MR) is 181 cm³/mol. The number of hydrogen-bond acceptors (Lipinski definition) is 3. The van der Waals surface area contributed by atoms with Gasteiger partial charge in [-0.2, -0.15) is 0 Å². The van der Waals surface area contributed by atoms with Crippen molar-refractivity contribution in [2.75, 3.05) is 7.11 Å². The van der Waals surface area contributed by atoms with Gasteiger partial charge in [0.05, 0.1) is 7.11 Å². The fourth-order valence-corrected chi connectivity index (χ4v) is 11.1. The molecule has 1 N–H and O–H groups in total. The molecule has 1 aliphatic rings. The molecule has 1 unspecified atom stereocenters. The molecule has 2 aromatic carbocycles. The molecule has 44 heavy (non-hydrogen) atoms. The molecule has 0 heterocycles. The zero-order chi connectivity index (χ0) is 32.4. The first-order valence-corrected chi connectivity index (χ1v) is 18.2. The Morgan fingerprint density at radius 1 is 1.07 bits per heavy atom. The second kappa shape index (κ2) is 15.9. The number of alkyl halides is 2. The standard InChI is InChI=1S/C38H52F2O3Si/c1-7-8-18-26-38(39,40)27-25-33-29(2)28-34(30(33)3)35(23-16-11-17-24-36(41)43-6)37(4,5)44(42,31-19-12-9-13-20-31)32-21-14-10-15-22-32/h9-10,12-16,19-23,25,27,30,33-35,42H,2,7-8,11,17-18,24,26,28H2,1,3-6H3/b23-16-,27-25+/t30-,33+,34+,35?/m1/s1. The van der Waals surface area contributed by atoms with Crippen molar-refractivity contribution in [3.63, 3.8) is 0 Å². The van der Waals surface area contributed by atoms with Crippen molar-refractivity contribution in [2.24, 2.45) is 23.7 Å². The molecule has 0 aliphatic heterocycles. The summed E-state index contributed by atoms with van der Waals surface area (Å²) in [5, 5.41) is 1.29.